The number of hydrogen-bond acceptors (Lipinski definition) is 3. The van der Waals surface area contributed by atoms with Crippen molar-refractivity contribution in [2.75, 3.05) is 0 Å². The quantitative estimate of drug-likeness (QED) is 0.663. The van der Waals surface area contributed by atoms with Gasteiger partial charge in [0.15, 0.2) is 0 Å². The van der Waals surface area contributed by atoms with Crippen LogP contribution in [-0.2, 0) is 6.42 Å². The van der Waals surface area contributed by atoms with Gasteiger partial charge in [0.2, 0.25) is 0 Å². The molecule has 1 aromatic heterocycles. The van der Waals surface area contributed by atoms with Gasteiger partial charge in [0, 0.05) is 4.88 Å². The van der Waals surface area contributed by atoms with E-state index in [1.54, 1.807) is 17.4 Å². The van der Waals surface area contributed by atoms with Crippen LogP contribution in [-0.4, -0.2) is 0 Å². The third-order valence-corrected chi connectivity index (χ3v) is 4.39. The van der Waals surface area contributed by atoms with Gasteiger partial charge in [0.1, 0.15) is 0 Å². The smallest absolute Gasteiger partial charge is 0.0625 e. The summed E-state index contributed by atoms with van der Waals surface area (Å²) in [5.41, 5.74) is 3.80. The van der Waals surface area contributed by atoms with Crippen LogP contribution >= 0.6 is 34.5 Å². The molecule has 0 aliphatic carbocycles. The third-order valence-electron chi connectivity index (χ3n) is 2.54. The predicted octanol–water partition coefficient (Wildman–Crippen LogP) is 3.80. The molecule has 2 rings (SSSR count). The molecule has 17 heavy (non-hydrogen) atoms. The molecule has 2 aromatic rings. The summed E-state index contributed by atoms with van der Waals surface area (Å²) >= 11 is 13.8. The second-order valence-corrected chi connectivity index (χ2v) is 5.42. The maximum Gasteiger partial charge on any atom is 0.0625 e. The molecule has 90 valence electrons. The molecule has 0 saturated heterocycles. The fourth-order valence-corrected chi connectivity index (χ4v) is 2.84. The van der Waals surface area contributed by atoms with Crippen molar-refractivity contribution in [3.05, 3.63) is 56.2 Å². The zero-order valence-electron chi connectivity index (χ0n) is 8.99. The van der Waals surface area contributed by atoms with Crippen molar-refractivity contribution in [2.45, 2.75) is 12.5 Å². The molecule has 1 atom stereocenters. The number of benzene rings is 1. The molecular weight excluding hydrogens is 275 g/mol. The number of nitrogens with two attached hydrogens (primary N) is 1. The number of hydrazine groups is 1. The molecule has 5 heteroatoms. The van der Waals surface area contributed by atoms with Crippen molar-refractivity contribution in [3.63, 3.8) is 0 Å². The molecule has 2 nitrogen and oxygen atoms in total. The van der Waals surface area contributed by atoms with Gasteiger partial charge < -0.3 is 0 Å². The van der Waals surface area contributed by atoms with E-state index in [1.807, 2.05) is 29.6 Å². The molecule has 1 heterocycles. The van der Waals surface area contributed by atoms with Crippen molar-refractivity contribution in [1.82, 2.24) is 5.43 Å². The van der Waals surface area contributed by atoms with Gasteiger partial charge >= 0.3 is 0 Å². The Morgan fingerprint density at radius 2 is 2.06 bits per heavy atom. The zero-order chi connectivity index (χ0) is 12.3. The highest BCUT2D eigenvalue weighted by Gasteiger charge is 2.14. The Morgan fingerprint density at radius 1 is 1.24 bits per heavy atom. The molecule has 0 bridgehead atoms. The summed E-state index contributed by atoms with van der Waals surface area (Å²) in [6.07, 6.45) is 0.719. The van der Waals surface area contributed by atoms with Crippen LogP contribution in [0, 0.1) is 0 Å². The van der Waals surface area contributed by atoms with Gasteiger partial charge in [-0.05, 0) is 29.5 Å². The van der Waals surface area contributed by atoms with E-state index in [9.17, 15) is 0 Å². The van der Waals surface area contributed by atoms with Gasteiger partial charge in [0.05, 0.1) is 16.1 Å². The molecule has 0 amide bonds. The number of rotatable bonds is 4. The van der Waals surface area contributed by atoms with Crippen molar-refractivity contribution < 1.29 is 0 Å². The maximum absolute atomic E-state index is 6.16. The van der Waals surface area contributed by atoms with Gasteiger partial charge in [-0.1, -0.05) is 41.4 Å². The molecule has 0 saturated carbocycles. The van der Waals surface area contributed by atoms with Crippen molar-refractivity contribution in [2.24, 2.45) is 5.84 Å². The molecule has 0 radical (unpaired) electrons. The molecule has 0 aliphatic heterocycles. The van der Waals surface area contributed by atoms with E-state index < -0.39 is 0 Å². The van der Waals surface area contributed by atoms with Gasteiger partial charge in [-0.2, -0.15) is 0 Å². The monoisotopic (exact) mass is 286 g/mol. The highest BCUT2D eigenvalue weighted by molar-refractivity contribution is 7.10. The summed E-state index contributed by atoms with van der Waals surface area (Å²) in [5.74, 6) is 5.58. The second kappa shape index (κ2) is 5.85. The van der Waals surface area contributed by atoms with Gasteiger partial charge in [-0.15, -0.1) is 11.3 Å². The lowest BCUT2D eigenvalue weighted by Crippen LogP contribution is -2.29. The minimum Gasteiger partial charge on any atom is -0.271 e. The molecule has 1 unspecified atom stereocenters. The standard InChI is InChI=1S/C12H12Cl2N2S/c13-9-4-1-3-8(12(9)14)7-10(16-15)11-5-2-6-17-11/h1-6,10,16H,7,15H2. The van der Waals surface area contributed by atoms with E-state index in [-0.39, 0.29) is 6.04 Å². The number of nitrogens with one attached hydrogen (secondary N) is 1. The maximum atomic E-state index is 6.16. The Morgan fingerprint density at radius 3 is 2.71 bits per heavy atom. The van der Waals surface area contributed by atoms with E-state index in [4.69, 9.17) is 29.0 Å². The second-order valence-electron chi connectivity index (χ2n) is 3.65. The normalized spacial score (nSPS) is 12.6. The molecule has 1 aromatic carbocycles. The van der Waals surface area contributed by atoms with Crippen molar-refractivity contribution >= 4 is 34.5 Å². The lowest BCUT2D eigenvalue weighted by atomic mass is 10.1. The van der Waals surface area contributed by atoms with Crippen molar-refractivity contribution in [1.29, 1.82) is 0 Å². The summed E-state index contributed by atoms with van der Waals surface area (Å²) in [5, 5.41) is 3.20. The van der Waals surface area contributed by atoms with Crippen molar-refractivity contribution in [3.8, 4) is 0 Å². The van der Waals surface area contributed by atoms with Crippen LogP contribution in [0.5, 0.6) is 0 Å². The minimum atomic E-state index is 0.0611. The first-order valence-corrected chi connectivity index (χ1v) is 6.78. The lowest BCUT2D eigenvalue weighted by Gasteiger charge is -2.15. The number of thiophene rings is 1. The Balaban J connectivity index is 2.22. The highest BCUT2D eigenvalue weighted by Crippen LogP contribution is 2.30. The summed E-state index contributed by atoms with van der Waals surface area (Å²) in [7, 11) is 0. The van der Waals surface area contributed by atoms with E-state index in [1.165, 1.54) is 4.88 Å². The van der Waals surface area contributed by atoms with Crippen LogP contribution in [0.15, 0.2) is 35.7 Å². The SMILES string of the molecule is NNC(Cc1cccc(Cl)c1Cl)c1cccs1. The molecule has 0 spiro atoms. The number of halogens is 2. The van der Waals surface area contributed by atoms with E-state index in [0.717, 1.165) is 12.0 Å². The van der Waals surface area contributed by atoms with E-state index in [0.29, 0.717) is 10.0 Å². The summed E-state index contributed by atoms with van der Waals surface area (Å²) in [6, 6.07) is 9.75. The van der Waals surface area contributed by atoms with Crippen LogP contribution in [0.2, 0.25) is 10.0 Å². The molecule has 0 fully saturated rings. The Kier molecular flexibility index (Phi) is 4.42. The van der Waals surface area contributed by atoms with E-state index >= 15 is 0 Å². The first-order chi connectivity index (χ1) is 8.22. The fraction of sp³-hybridized carbons (Fsp3) is 0.167. The first kappa shape index (κ1) is 12.9. The summed E-state index contributed by atoms with van der Waals surface area (Å²) in [6.45, 7) is 0. The van der Waals surface area contributed by atoms with Crippen LogP contribution in [0.25, 0.3) is 0 Å². The number of hydrogen-bond donors (Lipinski definition) is 2. The first-order valence-electron chi connectivity index (χ1n) is 5.14. The van der Waals surface area contributed by atoms with Gasteiger partial charge in [-0.25, -0.2) is 0 Å². The third kappa shape index (κ3) is 3.00. The Hall–Kier alpha value is -0.580. The summed E-state index contributed by atoms with van der Waals surface area (Å²) in [4.78, 5) is 1.18. The zero-order valence-corrected chi connectivity index (χ0v) is 11.3. The van der Waals surface area contributed by atoms with E-state index in [2.05, 4.69) is 5.43 Å². The fourth-order valence-electron chi connectivity index (χ4n) is 1.66. The summed E-state index contributed by atoms with van der Waals surface area (Å²) < 4.78 is 0. The largest absolute Gasteiger partial charge is 0.271 e. The molecule has 3 N–H and O–H groups in total. The predicted molar refractivity (Wildman–Crippen MR) is 74.5 cm³/mol. The highest BCUT2D eigenvalue weighted by atomic mass is 35.5. The topological polar surface area (TPSA) is 38.0 Å². The average molecular weight is 287 g/mol. The van der Waals surface area contributed by atoms with Crippen LogP contribution in [0.1, 0.15) is 16.5 Å². The minimum absolute atomic E-state index is 0.0611. The Bertz CT molecular complexity index is 485. The average Bonchev–Trinajstić information content (AvgIpc) is 2.85. The lowest BCUT2D eigenvalue weighted by molar-refractivity contribution is 0.561. The van der Waals surface area contributed by atoms with Crippen LogP contribution in [0.3, 0.4) is 0 Å². The van der Waals surface area contributed by atoms with Crippen LogP contribution < -0.4 is 11.3 Å². The Labute approximate surface area is 114 Å². The molecular formula is C12H12Cl2N2S. The van der Waals surface area contributed by atoms with Gasteiger partial charge in [-0.3, -0.25) is 11.3 Å². The van der Waals surface area contributed by atoms with Crippen LogP contribution in [0.4, 0.5) is 0 Å². The van der Waals surface area contributed by atoms with Gasteiger partial charge in [0.25, 0.3) is 0 Å². The molecule has 0 aliphatic rings.